The van der Waals surface area contributed by atoms with Crippen LogP contribution in [0.5, 0.6) is 0 Å². The molecule has 4 rings (SSSR count). The van der Waals surface area contributed by atoms with Gasteiger partial charge in [-0.1, -0.05) is 12.1 Å². The standard InChI is InChI=1S/C22H27N3O6S/c1-21(2,3)20(30)31-10-24-12-9-7-6-8-11(12)23-16(24)14(26)13-17(27)25-15(19(28)29)22(4,5)32-18(13)25/h6-9,13-15,18,26H,10H2,1-5H3,(H,28,29)/t13-,14+,15+,18-/m1/s1. The molecule has 0 bridgehead atoms. The zero-order valence-corrected chi connectivity index (χ0v) is 19.4. The maximum atomic E-state index is 13.0. The SMILES string of the molecule is CC(C)(C)C(=O)OCn1c([C@@H](O)[C@@H]2C(=O)N3[C@@H]2SC(C)(C)[C@@H]3C(=O)O)nc2ccccc21. The number of carbonyl (C=O) groups excluding carboxylic acids is 2. The van der Waals surface area contributed by atoms with Gasteiger partial charge in [0.2, 0.25) is 5.91 Å². The Kier molecular flexibility index (Phi) is 5.28. The van der Waals surface area contributed by atoms with E-state index in [2.05, 4.69) is 4.98 Å². The molecule has 2 aliphatic rings. The van der Waals surface area contributed by atoms with Gasteiger partial charge in [-0.05, 0) is 46.8 Å². The van der Waals surface area contributed by atoms with Gasteiger partial charge in [-0.15, -0.1) is 11.8 Å². The van der Waals surface area contributed by atoms with Crippen molar-refractivity contribution >= 4 is 40.6 Å². The quantitative estimate of drug-likeness (QED) is 0.514. The second kappa shape index (κ2) is 7.48. The van der Waals surface area contributed by atoms with Gasteiger partial charge >= 0.3 is 11.9 Å². The van der Waals surface area contributed by atoms with Crippen molar-refractivity contribution in [3.05, 3.63) is 30.1 Å². The smallest absolute Gasteiger partial charge is 0.327 e. The van der Waals surface area contributed by atoms with Crippen LogP contribution in [0.2, 0.25) is 0 Å². The number of rotatable bonds is 5. The third-order valence-corrected chi connectivity index (χ3v) is 7.53. The maximum Gasteiger partial charge on any atom is 0.327 e. The number of amides is 1. The zero-order valence-electron chi connectivity index (χ0n) is 18.6. The fourth-order valence-electron chi connectivity index (χ4n) is 4.29. The maximum absolute atomic E-state index is 13.0. The largest absolute Gasteiger partial charge is 0.480 e. The van der Waals surface area contributed by atoms with Crippen LogP contribution in [0.3, 0.4) is 0 Å². The number of aliphatic hydroxyl groups is 1. The number of β-lactam (4-membered cyclic amide) rings is 1. The van der Waals surface area contributed by atoms with Crippen LogP contribution in [0, 0.1) is 11.3 Å². The number of benzene rings is 1. The minimum Gasteiger partial charge on any atom is -0.480 e. The number of aliphatic hydroxyl groups excluding tert-OH is 1. The molecule has 3 heterocycles. The molecular formula is C22H27N3O6S. The lowest BCUT2D eigenvalue weighted by Gasteiger charge is -2.45. The minimum atomic E-state index is -1.28. The van der Waals surface area contributed by atoms with E-state index < -0.39 is 51.4 Å². The predicted octanol–water partition coefficient (Wildman–Crippen LogP) is 2.38. The first kappa shape index (κ1) is 22.6. The Labute approximate surface area is 189 Å². The van der Waals surface area contributed by atoms with Crippen molar-refractivity contribution in [3.8, 4) is 0 Å². The van der Waals surface area contributed by atoms with Gasteiger partial charge in [0.05, 0.1) is 21.8 Å². The van der Waals surface area contributed by atoms with Crippen LogP contribution in [-0.2, 0) is 25.9 Å². The monoisotopic (exact) mass is 461 g/mol. The summed E-state index contributed by atoms with van der Waals surface area (Å²) in [6, 6.07) is 6.23. The highest BCUT2D eigenvalue weighted by Crippen LogP contribution is 2.56. The molecular weight excluding hydrogens is 434 g/mol. The number of nitrogens with zero attached hydrogens (tertiary/aromatic N) is 3. The lowest BCUT2D eigenvalue weighted by molar-refractivity contribution is -0.169. The Bertz CT molecular complexity index is 1100. The van der Waals surface area contributed by atoms with Crippen LogP contribution in [0.4, 0.5) is 0 Å². The Hall–Kier alpha value is -2.59. The van der Waals surface area contributed by atoms with Crippen LogP contribution >= 0.6 is 11.8 Å². The third-order valence-electron chi connectivity index (χ3n) is 5.94. The number of para-hydroxylation sites is 2. The molecule has 2 fully saturated rings. The fraction of sp³-hybridized carbons (Fsp3) is 0.545. The van der Waals surface area contributed by atoms with E-state index in [-0.39, 0.29) is 12.6 Å². The molecule has 2 aromatic rings. The topological polar surface area (TPSA) is 122 Å². The van der Waals surface area contributed by atoms with Crippen LogP contribution in [0.1, 0.15) is 46.5 Å². The number of aromatic nitrogens is 2. The summed E-state index contributed by atoms with van der Waals surface area (Å²) in [6.45, 7) is 8.65. The lowest BCUT2D eigenvalue weighted by Crippen LogP contribution is -2.64. The van der Waals surface area contributed by atoms with E-state index in [0.29, 0.717) is 11.0 Å². The van der Waals surface area contributed by atoms with E-state index >= 15 is 0 Å². The van der Waals surface area contributed by atoms with Crippen LogP contribution in [0.15, 0.2) is 24.3 Å². The first-order valence-electron chi connectivity index (χ1n) is 10.4. The second-order valence-corrected chi connectivity index (χ2v) is 11.5. The summed E-state index contributed by atoms with van der Waals surface area (Å²) in [5.74, 6) is -2.51. The molecule has 32 heavy (non-hydrogen) atoms. The predicted molar refractivity (Wildman–Crippen MR) is 117 cm³/mol. The first-order valence-corrected chi connectivity index (χ1v) is 11.3. The highest BCUT2D eigenvalue weighted by atomic mass is 32.2. The molecule has 2 saturated heterocycles. The van der Waals surface area contributed by atoms with Crippen molar-refractivity contribution in [2.75, 3.05) is 0 Å². The van der Waals surface area contributed by atoms with E-state index in [1.54, 1.807) is 57.4 Å². The van der Waals surface area contributed by atoms with Crippen molar-refractivity contribution in [2.45, 2.75) is 63.6 Å². The first-order chi connectivity index (χ1) is 14.8. The van der Waals surface area contributed by atoms with Crippen molar-refractivity contribution in [3.63, 3.8) is 0 Å². The number of imidazole rings is 1. The van der Waals surface area contributed by atoms with Crippen molar-refractivity contribution < 1.29 is 29.3 Å². The minimum absolute atomic E-state index is 0.158. The molecule has 4 atom stereocenters. The van der Waals surface area contributed by atoms with Crippen LogP contribution in [-0.4, -0.2) is 58.7 Å². The normalized spacial score (nSPS) is 25.4. The number of aliphatic carboxylic acids is 1. The molecule has 2 aliphatic heterocycles. The van der Waals surface area contributed by atoms with Gasteiger partial charge in [-0.25, -0.2) is 9.78 Å². The molecule has 9 nitrogen and oxygen atoms in total. The number of hydrogen-bond acceptors (Lipinski definition) is 7. The Morgan fingerprint density at radius 1 is 1.28 bits per heavy atom. The number of esters is 1. The van der Waals surface area contributed by atoms with Gasteiger partial charge in [0.1, 0.15) is 23.9 Å². The summed E-state index contributed by atoms with van der Waals surface area (Å²) >= 11 is 1.37. The number of carboxylic acids is 1. The number of fused-ring (bicyclic) bond motifs is 2. The molecule has 0 saturated carbocycles. The van der Waals surface area contributed by atoms with E-state index in [4.69, 9.17) is 4.74 Å². The number of carbonyl (C=O) groups is 3. The molecule has 0 aliphatic carbocycles. The van der Waals surface area contributed by atoms with Gasteiger partial charge in [0.15, 0.2) is 6.73 Å². The highest BCUT2D eigenvalue weighted by Gasteiger charge is 2.65. The van der Waals surface area contributed by atoms with Gasteiger partial charge in [0, 0.05) is 4.75 Å². The van der Waals surface area contributed by atoms with Gasteiger partial charge < -0.3 is 19.8 Å². The average Bonchev–Trinajstić information content (AvgIpc) is 3.18. The van der Waals surface area contributed by atoms with Crippen molar-refractivity contribution in [1.82, 2.24) is 14.5 Å². The molecule has 1 amide bonds. The summed E-state index contributed by atoms with van der Waals surface area (Å²) in [7, 11) is 0. The molecule has 0 spiro atoms. The van der Waals surface area contributed by atoms with E-state index in [1.807, 2.05) is 6.07 Å². The van der Waals surface area contributed by atoms with Crippen LogP contribution < -0.4 is 0 Å². The molecule has 172 valence electrons. The summed E-state index contributed by atoms with van der Waals surface area (Å²) in [4.78, 5) is 42.9. The molecule has 2 N–H and O–H groups in total. The van der Waals surface area contributed by atoms with Crippen molar-refractivity contribution in [1.29, 1.82) is 0 Å². The van der Waals surface area contributed by atoms with E-state index in [1.165, 1.54) is 16.7 Å². The molecule has 1 aromatic heterocycles. The van der Waals surface area contributed by atoms with Crippen LogP contribution in [0.25, 0.3) is 11.0 Å². The van der Waals surface area contributed by atoms with E-state index in [9.17, 15) is 24.6 Å². The molecule has 0 radical (unpaired) electrons. The Balaban J connectivity index is 1.66. The van der Waals surface area contributed by atoms with Gasteiger partial charge in [-0.3, -0.25) is 14.2 Å². The molecule has 0 unspecified atom stereocenters. The third kappa shape index (κ3) is 3.45. The number of hydrogen-bond donors (Lipinski definition) is 2. The summed E-state index contributed by atoms with van der Waals surface area (Å²) in [5.41, 5.74) is 0.562. The van der Waals surface area contributed by atoms with Gasteiger partial charge in [0.25, 0.3) is 0 Å². The number of thioether (sulfide) groups is 1. The van der Waals surface area contributed by atoms with E-state index in [0.717, 1.165) is 0 Å². The molecule has 1 aromatic carbocycles. The Morgan fingerprint density at radius 2 is 1.94 bits per heavy atom. The summed E-state index contributed by atoms with van der Waals surface area (Å²) < 4.78 is 6.38. The second-order valence-electron chi connectivity index (χ2n) is 9.77. The summed E-state index contributed by atoms with van der Waals surface area (Å²) in [5, 5.41) is 20.4. The average molecular weight is 462 g/mol. The zero-order chi connectivity index (χ0) is 23.6. The Morgan fingerprint density at radius 3 is 2.56 bits per heavy atom. The van der Waals surface area contributed by atoms with Crippen molar-refractivity contribution in [2.24, 2.45) is 11.3 Å². The van der Waals surface area contributed by atoms with Gasteiger partial charge in [-0.2, -0.15) is 0 Å². The lowest BCUT2D eigenvalue weighted by atomic mass is 9.87. The summed E-state index contributed by atoms with van der Waals surface area (Å²) in [6.07, 6.45) is -1.28. The number of carboxylic acid groups (broad SMARTS) is 1. The number of ether oxygens (including phenoxy) is 1. The fourth-order valence-corrected chi connectivity index (χ4v) is 6.01. The molecule has 10 heteroatoms. The highest BCUT2D eigenvalue weighted by molar-refractivity contribution is 8.01.